The maximum Gasteiger partial charge on any atom is 0.142 e. The Morgan fingerprint density at radius 3 is 2.58 bits per heavy atom. The molecule has 5 heteroatoms. The third-order valence-corrected chi connectivity index (χ3v) is 5.46. The minimum absolute atomic E-state index is 0.0682. The van der Waals surface area contributed by atoms with E-state index in [-0.39, 0.29) is 28.7 Å². The summed E-state index contributed by atoms with van der Waals surface area (Å²) in [5, 5.41) is 19.2. The van der Waals surface area contributed by atoms with Crippen molar-refractivity contribution in [2.75, 3.05) is 0 Å². The number of amidine groups is 1. The van der Waals surface area contributed by atoms with Crippen molar-refractivity contribution in [1.29, 1.82) is 10.5 Å². The van der Waals surface area contributed by atoms with Crippen molar-refractivity contribution in [3.05, 3.63) is 69.7 Å². The summed E-state index contributed by atoms with van der Waals surface area (Å²) in [6.45, 7) is 0. The first-order valence-corrected chi connectivity index (χ1v) is 8.72. The van der Waals surface area contributed by atoms with E-state index in [2.05, 4.69) is 11.1 Å². The van der Waals surface area contributed by atoms with Crippen LogP contribution < -0.4 is 5.73 Å². The predicted molar refractivity (Wildman–Crippen MR) is 96.1 cm³/mol. The fourth-order valence-corrected chi connectivity index (χ4v) is 4.35. The second-order valence-corrected chi connectivity index (χ2v) is 6.81. The lowest BCUT2D eigenvalue weighted by molar-refractivity contribution is 0.506. The molecule has 0 saturated carbocycles. The molecule has 0 aromatic heterocycles. The van der Waals surface area contributed by atoms with E-state index < -0.39 is 5.92 Å². The number of nitriles is 2. The first-order chi connectivity index (χ1) is 12.7. The molecule has 3 aliphatic rings. The molecule has 2 aliphatic carbocycles. The molecule has 0 spiro atoms. The quantitative estimate of drug-likeness (QED) is 0.835. The van der Waals surface area contributed by atoms with Crippen molar-refractivity contribution in [3.63, 3.8) is 0 Å². The van der Waals surface area contributed by atoms with Crippen LogP contribution in [0.1, 0.15) is 37.2 Å². The summed E-state index contributed by atoms with van der Waals surface area (Å²) >= 11 is 0. The van der Waals surface area contributed by atoms with Gasteiger partial charge in [-0.25, -0.2) is 9.38 Å². The van der Waals surface area contributed by atoms with Crippen LogP contribution in [-0.2, 0) is 0 Å². The van der Waals surface area contributed by atoms with Gasteiger partial charge in [-0.15, -0.1) is 0 Å². The number of nitrogens with two attached hydrogens (primary N) is 1. The maximum atomic E-state index is 14.7. The van der Waals surface area contributed by atoms with Crippen LogP contribution in [-0.4, -0.2) is 5.84 Å². The molecule has 0 bridgehead atoms. The van der Waals surface area contributed by atoms with Gasteiger partial charge in [-0.3, -0.25) is 0 Å². The number of fused-ring (bicyclic) bond motifs is 1. The number of halogens is 1. The molecule has 1 aromatic rings. The van der Waals surface area contributed by atoms with Crippen LogP contribution in [0.3, 0.4) is 0 Å². The Bertz CT molecular complexity index is 998. The zero-order chi connectivity index (χ0) is 18.3. The fraction of sp³-hybridized carbons (Fsp3) is 0.286. The summed E-state index contributed by atoms with van der Waals surface area (Å²) in [4.78, 5) is 4.42. The molecule has 0 amide bonds. The largest absolute Gasteiger partial charge is 0.383 e. The molecule has 4 rings (SSSR count). The van der Waals surface area contributed by atoms with Crippen molar-refractivity contribution >= 4 is 5.84 Å². The van der Waals surface area contributed by atoms with Gasteiger partial charge in [0.1, 0.15) is 23.3 Å². The molecule has 2 N–H and O–H groups in total. The number of dihydropyridines is 1. The van der Waals surface area contributed by atoms with E-state index in [4.69, 9.17) is 5.73 Å². The van der Waals surface area contributed by atoms with E-state index in [0.29, 0.717) is 11.3 Å². The summed E-state index contributed by atoms with van der Waals surface area (Å²) in [7, 11) is 0. The van der Waals surface area contributed by atoms with Crippen molar-refractivity contribution in [2.45, 2.75) is 31.6 Å². The van der Waals surface area contributed by atoms with E-state index in [0.717, 1.165) is 31.3 Å². The van der Waals surface area contributed by atoms with Crippen molar-refractivity contribution < 1.29 is 4.39 Å². The molecule has 1 aromatic carbocycles. The Morgan fingerprint density at radius 2 is 1.85 bits per heavy atom. The van der Waals surface area contributed by atoms with Crippen LogP contribution in [0.15, 0.2) is 63.3 Å². The Balaban J connectivity index is 1.99. The van der Waals surface area contributed by atoms with E-state index in [1.54, 1.807) is 18.2 Å². The number of hydrogen-bond donors (Lipinski definition) is 1. The standard InChI is InChI=1S/C21H17FN4/c22-17-8-4-3-7-14(17)19-13-6-2-1-5-12(13)9-18-20(19)15(10-23)16(11-24)21(25)26-18/h3-4,7-9,19-20H,1-2,5-6H2,(H2,25,26). The minimum atomic E-state index is -0.462. The molecular formula is C21H17FN4. The second kappa shape index (κ2) is 6.28. The molecule has 128 valence electrons. The Kier molecular flexibility index (Phi) is 3.93. The molecule has 1 aliphatic heterocycles. The van der Waals surface area contributed by atoms with E-state index in [9.17, 15) is 14.9 Å². The third-order valence-electron chi connectivity index (χ3n) is 5.46. The van der Waals surface area contributed by atoms with Gasteiger partial charge >= 0.3 is 0 Å². The molecule has 4 nitrogen and oxygen atoms in total. The Labute approximate surface area is 151 Å². The lowest BCUT2D eigenvalue weighted by atomic mass is 9.66. The molecule has 2 unspecified atom stereocenters. The van der Waals surface area contributed by atoms with Gasteiger partial charge in [0.15, 0.2) is 0 Å². The van der Waals surface area contributed by atoms with Crippen LogP contribution in [0.2, 0.25) is 0 Å². The molecular weight excluding hydrogens is 327 g/mol. The van der Waals surface area contributed by atoms with Crippen LogP contribution in [0.4, 0.5) is 4.39 Å². The molecule has 0 fully saturated rings. The van der Waals surface area contributed by atoms with Crippen molar-refractivity contribution in [1.82, 2.24) is 0 Å². The zero-order valence-corrected chi connectivity index (χ0v) is 14.2. The summed E-state index contributed by atoms with van der Waals surface area (Å²) < 4.78 is 14.7. The van der Waals surface area contributed by atoms with E-state index >= 15 is 0 Å². The zero-order valence-electron chi connectivity index (χ0n) is 14.2. The fourth-order valence-electron chi connectivity index (χ4n) is 4.35. The highest BCUT2D eigenvalue weighted by Crippen LogP contribution is 2.51. The van der Waals surface area contributed by atoms with Gasteiger partial charge in [0.05, 0.1) is 17.3 Å². The highest BCUT2D eigenvalue weighted by Gasteiger charge is 2.42. The van der Waals surface area contributed by atoms with Crippen LogP contribution in [0, 0.1) is 34.4 Å². The topological polar surface area (TPSA) is 86.0 Å². The summed E-state index contributed by atoms with van der Waals surface area (Å²) in [5.41, 5.74) is 9.88. The summed E-state index contributed by atoms with van der Waals surface area (Å²) in [6, 6.07) is 10.8. The average molecular weight is 344 g/mol. The number of allylic oxidation sites excluding steroid dienone is 4. The van der Waals surface area contributed by atoms with Gasteiger partial charge in [-0.05, 0) is 49.0 Å². The van der Waals surface area contributed by atoms with Gasteiger partial charge in [0, 0.05) is 11.8 Å². The highest BCUT2D eigenvalue weighted by molar-refractivity contribution is 6.04. The molecule has 2 atom stereocenters. The SMILES string of the molecule is N#CC1=C(C#N)C2C(=CC3=C(CCCC3)C2c2ccccc2F)N=C1N. The second-order valence-electron chi connectivity index (χ2n) is 6.81. The van der Waals surface area contributed by atoms with Crippen molar-refractivity contribution in [2.24, 2.45) is 16.6 Å². The minimum Gasteiger partial charge on any atom is -0.383 e. The first kappa shape index (κ1) is 16.3. The lowest BCUT2D eigenvalue weighted by Crippen LogP contribution is -2.32. The predicted octanol–water partition coefficient (Wildman–Crippen LogP) is 4.01. The number of hydrogen-bond acceptors (Lipinski definition) is 4. The Hall–Kier alpha value is -3.18. The number of benzene rings is 1. The number of aliphatic imine (C=N–C) groups is 1. The average Bonchev–Trinajstić information content (AvgIpc) is 2.66. The lowest BCUT2D eigenvalue weighted by Gasteiger charge is -2.38. The van der Waals surface area contributed by atoms with Gasteiger partial charge < -0.3 is 5.73 Å². The van der Waals surface area contributed by atoms with Gasteiger partial charge in [0.2, 0.25) is 0 Å². The first-order valence-electron chi connectivity index (χ1n) is 8.72. The summed E-state index contributed by atoms with van der Waals surface area (Å²) in [6.07, 6.45) is 5.91. The van der Waals surface area contributed by atoms with Crippen LogP contribution >= 0.6 is 0 Å². The molecule has 26 heavy (non-hydrogen) atoms. The monoisotopic (exact) mass is 344 g/mol. The number of nitrogens with zero attached hydrogens (tertiary/aromatic N) is 3. The van der Waals surface area contributed by atoms with Gasteiger partial charge in [-0.2, -0.15) is 10.5 Å². The van der Waals surface area contributed by atoms with Gasteiger partial charge in [0.25, 0.3) is 0 Å². The van der Waals surface area contributed by atoms with Gasteiger partial charge in [-0.1, -0.05) is 23.8 Å². The van der Waals surface area contributed by atoms with Crippen LogP contribution in [0.5, 0.6) is 0 Å². The summed E-state index contributed by atoms with van der Waals surface area (Å²) in [5.74, 6) is -1.01. The smallest absolute Gasteiger partial charge is 0.142 e. The Morgan fingerprint density at radius 1 is 1.08 bits per heavy atom. The maximum absolute atomic E-state index is 14.7. The third kappa shape index (κ3) is 2.36. The van der Waals surface area contributed by atoms with Crippen molar-refractivity contribution in [3.8, 4) is 12.1 Å². The van der Waals surface area contributed by atoms with E-state index in [1.165, 1.54) is 11.6 Å². The highest BCUT2D eigenvalue weighted by atomic mass is 19.1. The normalized spacial score (nSPS) is 24.7. The number of rotatable bonds is 1. The molecule has 0 radical (unpaired) electrons. The van der Waals surface area contributed by atoms with Crippen LogP contribution in [0.25, 0.3) is 0 Å². The molecule has 1 heterocycles. The molecule has 0 saturated heterocycles. The van der Waals surface area contributed by atoms with E-state index in [1.807, 2.05) is 12.1 Å².